The van der Waals surface area contributed by atoms with Crippen LogP contribution in [0.3, 0.4) is 0 Å². The predicted molar refractivity (Wildman–Crippen MR) is 89.3 cm³/mol. The fourth-order valence-corrected chi connectivity index (χ4v) is 6.16. The van der Waals surface area contributed by atoms with E-state index in [0.29, 0.717) is 23.5 Å². The Morgan fingerprint density at radius 3 is 2.87 bits per heavy atom. The summed E-state index contributed by atoms with van der Waals surface area (Å²) in [6, 6.07) is 5.89. The van der Waals surface area contributed by atoms with Gasteiger partial charge < -0.3 is 15.3 Å². The molecule has 3 heteroatoms. The molecule has 0 heterocycles. The van der Waals surface area contributed by atoms with Gasteiger partial charge in [-0.05, 0) is 90.9 Å². The second-order valence-electron chi connectivity index (χ2n) is 8.30. The summed E-state index contributed by atoms with van der Waals surface area (Å²) in [5.41, 5.74) is 2.77. The molecule has 2 fully saturated rings. The van der Waals surface area contributed by atoms with Gasteiger partial charge in [-0.15, -0.1) is 0 Å². The number of hydrogen-bond donors (Lipinski definition) is 3. The van der Waals surface area contributed by atoms with Gasteiger partial charge in [0.05, 0.1) is 6.10 Å². The smallest absolute Gasteiger partial charge is 0.115 e. The predicted octanol–water partition coefficient (Wildman–Crippen LogP) is 3.22. The number of phenols is 1. The first-order valence-electron chi connectivity index (χ1n) is 9.15. The molecule has 0 aromatic heterocycles. The van der Waals surface area contributed by atoms with E-state index >= 15 is 0 Å². The summed E-state index contributed by atoms with van der Waals surface area (Å²) in [6.45, 7) is 2.46. The standard InChI is InChI=1S/C20H28O3/c1-20-8-6-16-15-5-3-14(22)10-12(15)2-4-17(16)18(20)11-13(7-9-21)19(20)23/h3,5,10,13,16-19,21-23H,2,4,6-9,11H2,1H3/t13-,16+,17+,18-,19-,20-/m0/s1. The first-order chi connectivity index (χ1) is 11.0. The number of benzene rings is 1. The molecule has 0 amide bonds. The van der Waals surface area contributed by atoms with Crippen LogP contribution in [0.1, 0.15) is 56.1 Å². The van der Waals surface area contributed by atoms with Gasteiger partial charge in [0.2, 0.25) is 0 Å². The van der Waals surface area contributed by atoms with E-state index in [0.717, 1.165) is 32.1 Å². The van der Waals surface area contributed by atoms with Crippen LogP contribution in [-0.4, -0.2) is 28.0 Å². The van der Waals surface area contributed by atoms with Crippen molar-refractivity contribution in [2.75, 3.05) is 6.61 Å². The zero-order valence-corrected chi connectivity index (χ0v) is 13.9. The molecule has 4 rings (SSSR count). The summed E-state index contributed by atoms with van der Waals surface area (Å²) in [4.78, 5) is 0. The lowest BCUT2D eigenvalue weighted by Crippen LogP contribution is -2.44. The molecule has 0 unspecified atom stereocenters. The van der Waals surface area contributed by atoms with Gasteiger partial charge in [0, 0.05) is 6.61 Å². The Kier molecular flexibility index (Phi) is 3.69. The quantitative estimate of drug-likeness (QED) is 0.785. The minimum atomic E-state index is -0.262. The highest BCUT2D eigenvalue weighted by molar-refractivity contribution is 5.40. The molecule has 0 spiro atoms. The van der Waals surface area contributed by atoms with Crippen LogP contribution in [0.15, 0.2) is 18.2 Å². The lowest BCUT2D eigenvalue weighted by atomic mass is 9.55. The van der Waals surface area contributed by atoms with E-state index in [2.05, 4.69) is 13.0 Å². The van der Waals surface area contributed by atoms with Gasteiger partial charge in [0.25, 0.3) is 0 Å². The average Bonchev–Trinajstić information content (AvgIpc) is 2.79. The van der Waals surface area contributed by atoms with Crippen molar-refractivity contribution in [1.29, 1.82) is 0 Å². The largest absolute Gasteiger partial charge is 0.508 e. The van der Waals surface area contributed by atoms with E-state index in [9.17, 15) is 15.3 Å². The van der Waals surface area contributed by atoms with E-state index in [1.807, 2.05) is 12.1 Å². The summed E-state index contributed by atoms with van der Waals surface area (Å²) in [5, 5.41) is 29.9. The van der Waals surface area contributed by atoms with E-state index in [4.69, 9.17) is 0 Å². The van der Waals surface area contributed by atoms with Crippen molar-refractivity contribution < 1.29 is 15.3 Å². The Labute approximate surface area is 138 Å². The molecular formula is C20H28O3. The molecule has 3 aliphatic carbocycles. The van der Waals surface area contributed by atoms with E-state index < -0.39 is 0 Å². The number of aromatic hydroxyl groups is 1. The summed E-state index contributed by atoms with van der Waals surface area (Å²) in [7, 11) is 0. The zero-order chi connectivity index (χ0) is 16.2. The van der Waals surface area contributed by atoms with Crippen LogP contribution in [0, 0.1) is 23.2 Å². The molecule has 3 aliphatic rings. The number of aliphatic hydroxyl groups excluding tert-OH is 2. The molecule has 0 saturated heterocycles. The van der Waals surface area contributed by atoms with Crippen molar-refractivity contribution in [3.63, 3.8) is 0 Å². The number of fused-ring (bicyclic) bond motifs is 5. The first kappa shape index (κ1) is 15.5. The number of phenolic OH excluding ortho intramolecular Hbond substituents is 1. The highest BCUT2D eigenvalue weighted by Crippen LogP contribution is 2.62. The molecule has 2 saturated carbocycles. The van der Waals surface area contributed by atoms with Gasteiger partial charge in [-0.25, -0.2) is 0 Å². The van der Waals surface area contributed by atoms with Crippen LogP contribution in [0.4, 0.5) is 0 Å². The minimum absolute atomic E-state index is 0.0232. The van der Waals surface area contributed by atoms with Crippen LogP contribution in [0.5, 0.6) is 5.75 Å². The fourth-order valence-electron chi connectivity index (χ4n) is 6.16. The highest BCUT2D eigenvalue weighted by Gasteiger charge is 2.57. The molecule has 3 nitrogen and oxygen atoms in total. The van der Waals surface area contributed by atoms with Crippen LogP contribution in [-0.2, 0) is 6.42 Å². The maximum absolute atomic E-state index is 10.9. The van der Waals surface area contributed by atoms with Crippen LogP contribution in [0.25, 0.3) is 0 Å². The van der Waals surface area contributed by atoms with Gasteiger partial charge in [-0.2, -0.15) is 0 Å². The second-order valence-corrected chi connectivity index (χ2v) is 8.30. The molecule has 1 aromatic carbocycles. The Morgan fingerprint density at radius 2 is 2.09 bits per heavy atom. The maximum atomic E-state index is 10.9. The van der Waals surface area contributed by atoms with Crippen molar-refractivity contribution in [3.8, 4) is 5.75 Å². The topological polar surface area (TPSA) is 60.7 Å². The Balaban J connectivity index is 1.65. The van der Waals surface area contributed by atoms with E-state index in [1.54, 1.807) is 0 Å². The first-order valence-corrected chi connectivity index (χ1v) is 9.15. The number of rotatable bonds is 2. The van der Waals surface area contributed by atoms with Gasteiger partial charge in [0.15, 0.2) is 0 Å². The molecule has 1 aromatic rings. The van der Waals surface area contributed by atoms with Gasteiger partial charge in [-0.1, -0.05) is 13.0 Å². The third kappa shape index (κ3) is 2.24. The second kappa shape index (κ2) is 5.49. The summed E-state index contributed by atoms with van der Waals surface area (Å²) < 4.78 is 0. The molecule has 23 heavy (non-hydrogen) atoms. The normalized spacial score (nSPS) is 42.0. The monoisotopic (exact) mass is 316 g/mol. The maximum Gasteiger partial charge on any atom is 0.115 e. The van der Waals surface area contributed by atoms with E-state index in [-0.39, 0.29) is 24.0 Å². The molecule has 0 radical (unpaired) electrons. The Morgan fingerprint density at radius 1 is 1.26 bits per heavy atom. The molecule has 6 atom stereocenters. The zero-order valence-electron chi connectivity index (χ0n) is 13.9. The Bertz CT molecular complexity index is 599. The molecular weight excluding hydrogens is 288 g/mol. The van der Waals surface area contributed by atoms with E-state index in [1.165, 1.54) is 17.5 Å². The van der Waals surface area contributed by atoms with Crippen LogP contribution in [0.2, 0.25) is 0 Å². The third-order valence-electron chi connectivity index (χ3n) is 7.33. The fraction of sp³-hybridized carbons (Fsp3) is 0.700. The summed E-state index contributed by atoms with van der Waals surface area (Å²) in [6.07, 6.45) is 5.95. The van der Waals surface area contributed by atoms with Gasteiger partial charge in [-0.3, -0.25) is 0 Å². The van der Waals surface area contributed by atoms with Gasteiger partial charge in [0.1, 0.15) is 5.75 Å². The number of aliphatic hydroxyl groups is 2. The average molecular weight is 316 g/mol. The highest BCUT2D eigenvalue weighted by atomic mass is 16.3. The molecule has 3 N–H and O–H groups in total. The summed E-state index contributed by atoms with van der Waals surface area (Å²) in [5.74, 6) is 2.42. The minimum Gasteiger partial charge on any atom is -0.508 e. The Hall–Kier alpha value is -1.06. The molecule has 0 aliphatic heterocycles. The van der Waals surface area contributed by atoms with Crippen molar-refractivity contribution in [2.24, 2.45) is 23.2 Å². The van der Waals surface area contributed by atoms with Gasteiger partial charge >= 0.3 is 0 Å². The lowest BCUT2D eigenvalue weighted by molar-refractivity contribution is -0.0345. The van der Waals surface area contributed by atoms with Crippen molar-refractivity contribution >= 4 is 0 Å². The lowest BCUT2D eigenvalue weighted by Gasteiger charge is -2.50. The van der Waals surface area contributed by atoms with Crippen molar-refractivity contribution in [3.05, 3.63) is 29.3 Å². The number of aryl methyl sites for hydroxylation is 1. The summed E-state index contributed by atoms with van der Waals surface area (Å²) >= 11 is 0. The molecule has 0 bridgehead atoms. The third-order valence-corrected chi connectivity index (χ3v) is 7.33. The van der Waals surface area contributed by atoms with Crippen molar-refractivity contribution in [1.82, 2.24) is 0 Å². The van der Waals surface area contributed by atoms with Crippen molar-refractivity contribution in [2.45, 2.75) is 57.5 Å². The molecule has 126 valence electrons. The number of hydrogen-bond acceptors (Lipinski definition) is 3. The van der Waals surface area contributed by atoms with Crippen LogP contribution >= 0.6 is 0 Å². The van der Waals surface area contributed by atoms with Crippen LogP contribution < -0.4 is 0 Å². The SMILES string of the molecule is C[C@]12CC[C@@H]3c4ccc(O)cc4CC[C@H]3[C@@H]1C[C@H](CCO)[C@@H]2O.